The minimum Gasteiger partial charge on any atom is -0.458 e. The van der Waals surface area contributed by atoms with Gasteiger partial charge in [0.1, 0.15) is 17.3 Å². The number of para-hydroxylation sites is 1. The molecule has 0 aliphatic carbocycles. The van der Waals surface area contributed by atoms with E-state index in [1.165, 1.54) is 49.7 Å². The number of aryl methyl sites for hydroxylation is 4. The number of nitrogens with zero attached hydrogens (tertiary/aromatic N) is 4. The van der Waals surface area contributed by atoms with Crippen LogP contribution in [0, 0.1) is 27.1 Å². The molecule has 7 aromatic rings. The predicted octanol–water partition coefficient (Wildman–Crippen LogP) is 10.4. The van der Waals surface area contributed by atoms with Gasteiger partial charge in [0, 0.05) is 35.4 Å². The summed E-state index contributed by atoms with van der Waals surface area (Å²) in [4.78, 5) is 4.94. The number of pyridine rings is 1. The lowest BCUT2D eigenvalue weighted by Crippen LogP contribution is -2.24. The van der Waals surface area contributed by atoms with Crippen LogP contribution >= 0.6 is 0 Å². The zero-order valence-corrected chi connectivity index (χ0v) is 29.5. The van der Waals surface area contributed by atoms with E-state index < -0.39 is 0 Å². The Morgan fingerprint density at radius 3 is 2.29 bits per heavy atom. The third kappa shape index (κ3) is 5.68. The number of fused-ring (bicyclic) bond motifs is 3. The van der Waals surface area contributed by atoms with Gasteiger partial charge in [0.2, 0.25) is 6.33 Å². The van der Waals surface area contributed by atoms with Gasteiger partial charge in [-0.05, 0) is 108 Å². The van der Waals surface area contributed by atoms with Crippen LogP contribution in [-0.4, -0.2) is 14.1 Å². The third-order valence-electron chi connectivity index (χ3n) is 9.33. The summed E-state index contributed by atoms with van der Waals surface area (Å²) in [5.41, 5.74) is 11.9. The molecule has 3 aromatic heterocycles. The van der Waals surface area contributed by atoms with Crippen molar-refractivity contribution in [2.24, 2.45) is 7.05 Å². The Morgan fingerprint density at radius 2 is 1.60 bits per heavy atom. The van der Waals surface area contributed by atoms with Gasteiger partial charge in [0.15, 0.2) is 0 Å². The lowest BCUT2D eigenvalue weighted by Gasteiger charge is -2.20. The molecule has 0 saturated heterocycles. The minimum absolute atomic E-state index is 0.00330. The standard InChI is InChI=1S/C43H44N4O/c1-27(2)36-11-10-12-38-37-14-13-34(25-39(37)47(42(36)38)40-23-32(15-16-44-40)43(6,7)8)48-35-22-31(41-29(4)19-28(3)20-30(41)5)21-33(24-35)46-18-17-45(9)26-46/h10-25,27H,1-9H3. The van der Waals surface area contributed by atoms with Crippen LogP contribution in [0.15, 0.2) is 97.5 Å². The number of hydrogen-bond donors (Lipinski definition) is 0. The molecule has 5 heteroatoms. The van der Waals surface area contributed by atoms with E-state index in [4.69, 9.17) is 9.72 Å². The highest BCUT2D eigenvalue weighted by Gasteiger charge is 2.21. The summed E-state index contributed by atoms with van der Waals surface area (Å²) >= 11 is 0. The summed E-state index contributed by atoms with van der Waals surface area (Å²) < 4.78 is 13.1. The van der Waals surface area contributed by atoms with Crippen LogP contribution in [0.25, 0.3) is 44.4 Å². The second-order valence-corrected chi connectivity index (χ2v) is 14.5. The van der Waals surface area contributed by atoms with Crippen LogP contribution in [0.2, 0.25) is 0 Å². The zero-order chi connectivity index (χ0) is 33.9. The van der Waals surface area contributed by atoms with Gasteiger partial charge < -0.3 is 13.9 Å². The topological polar surface area (TPSA) is 35.9 Å². The number of rotatable bonds is 6. The lowest BCUT2D eigenvalue weighted by atomic mass is 9.88. The fourth-order valence-electron chi connectivity index (χ4n) is 7.09. The van der Waals surface area contributed by atoms with Gasteiger partial charge in [-0.25, -0.2) is 4.98 Å². The fraction of sp³-hybridized carbons (Fsp3) is 0.256. The van der Waals surface area contributed by atoms with E-state index in [1.807, 2.05) is 34.8 Å². The highest BCUT2D eigenvalue weighted by molar-refractivity contribution is 6.10. The number of benzene rings is 4. The van der Waals surface area contributed by atoms with Crippen molar-refractivity contribution < 1.29 is 9.30 Å². The van der Waals surface area contributed by atoms with Crippen molar-refractivity contribution in [2.45, 2.75) is 66.7 Å². The number of hydrogen-bond acceptors (Lipinski definition) is 2. The third-order valence-corrected chi connectivity index (χ3v) is 9.33. The van der Waals surface area contributed by atoms with Crippen LogP contribution in [0.1, 0.15) is 68.4 Å². The van der Waals surface area contributed by atoms with E-state index >= 15 is 0 Å². The molecule has 48 heavy (non-hydrogen) atoms. The van der Waals surface area contributed by atoms with Crippen LogP contribution in [0.3, 0.4) is 0 Å². The van der Waals surface area contributed by atoms with Crippen molar-refractivity contribution >= 4 is 21.8 Å². The van der Waals surface area contributed by atoms with Crippen molar-refractivity contribution in [3.8, 4) is 34.1 Å². The monoisotopic (exact) mass is 632 g/mol. The Labute approximate surface area is 284 Å². The molecular weight excluding hydrogens is 589 g/mol. The second-order valence-electron chi connectivity index (χ2n) is 14.5. The number of aromatic nitrogens is 4. The predicted molar refractivity (Wildman–Crippen MR) is 197 cm³/mol. The van der Waals surface area contributed by atoms with E-state index in [9.17, 15) is 0 Å². The Kier molecular flexibility index (Phi) is 7.74. The summed E-state index contributed by atoms with van der Waals surface area (Å²) in [6.07, 6.45) is 9.32. The molecule has 0 amide bonds. The molecule has 0 radical (unpaired) electrons. The summed E-state index contributed by atoms with van der Waals surface area (Å²) in [7, 11) is 1.98. The Balaban J connectivity index is 1.42. The summed E-state index contributed by atoms with van der Waals surface area (Å²) in [5.74, 6) is 2.80. The molecule has 0 fully saturated rings. The van der Waals surface area contributed by atoms with Gasteiger partial charge in [-0.1, -0.05) is 70.5 Å². The van der Waals surface area contributed by atoms with Crippen molar-refractivity contribution in [3.05, 3.63) is 132 Å². The maximum absolute atomic E-state index is 6.80. The van der Waals surface area contributed by atoms with Crippen molar-refractivity contribution in [3.63, 3.8) is 0 Å². The molecule has 0 aliphatic heterocycles. The average molecular weight is 633 g/mol. The SMILES string of the molecule is Cc1cc(C)c(-c2cc(Oc3ccc4c5cccc(C(C)C)c5n(-c5cc(C(C)(C)C)ccn5)c4c3)cc(-n3[c-][n+](C)cc3)c2)c(C)c1. The summed E-state index contributed by atoms with van der Waals surface area (Å²) in [5, 5.41) is 2.40. The highest BCUT2D eigenvalue weighted by atomic mass is 16.5. The van der Waals surface area contributed by atoms with Gasteiger partial charge in [-0.2, -0.15) is 0 Å². The molecular formula is C43H44N4O. The average Bonchev–Trinajstić information content (AvgIpc) is 3.61. The Bertz CT molecular complexity index is 2310. The fourth-order valence-corrected chi connectivity index (χ4v) is 7.09. The van der Waals surface area contributed by atoms with Gasteiger partial charge in [0.25, 0.3) is 0 Å². The van der Waals surface area contributed by atoms with Crippen LogP contribution in [0.4, 0.5) is 0 Å². The molecule has 4 aromatic carbocycles. The zero-order valence-electron chi connectivity index (χ0n) is 29.5. The molecule has 0 spiro atoms. The molecule has 242 valence electrons. The molecule has 0 atom stereocenters. The number of ether oxygens (including phenoxy) is 1. The summed E-state index contributed by atoms with van der Waals surface area (Å²) in [6.45, 7) is 17.8. The normalized spacial score (nSPS) is 12.0. The Morgan fingerprint density at radius 1 is 0.833 bits per heavy atom. The molecule has 0 aliphatic rings. The minimum atomic E-state index is -0.00330. The first kappa shape index (κ1) is 31.4. The molecule has 0 bridgehead atoms. The molecule has 5 nitrogen and oxygen atoms in total. The van der Waals surface area contributed by atoms with E-state index in [1.54, 1.807) is 0 Å². The maximum atomic E-state index is 6.80. The molecule has 0 N–H and O–H groups in total. The van der Waals surface area contributed by atoms with Gasteiger partial charge in [0.05, 0.1) is 23.8 Å². The quantitative estimate of drug-likeness (QED) is 0.135. The van der Waals surface area contributed by atoms with Crippen molar-refractivity contribution in [2.75, 3.05) is 0 Å². The van der Waals surface area contributed by atoms with Gasteiger partial charge in [-0.3, -0.25) is 4.57 Å². The first-order valence-electron chi connectivity index (χ1n) is 16.8. The van der Waals surface area contributed by atoms with Crippen LogP contribution in [-0.2, 0) is 12.5 Å². The van der Waals surface area contributed by atoms with E-state index in [0.29, 0.717) is 5.92 Å². The van der Waals surface area contributed by atoms with Crippen molar-refractivity contribution in [1.82, 2.24) is 14.1 Å². The van der Waals surface area contributed by atoms with Crippen molar-refractivity contribution in [1.29, 1.82) is 0 Å². The van der Waals surface area contributed by atoms with Gasteiger partial charge in [-0.15, -0.1) is 0 Å². The van der Waals surface area contributed by atoms with E-state index in [-0.39, 0.29) is 5.41 Å². The van der Waals surface area contributed by atoms with E-state index in [2.05, 4.69) is 145 Å². The lowest BCUT2D eigenvalue weighted by molar-refractivity contribution is -0.674. The second kappa shape index (κ2) is 11.8. The molecule has 3 heterocycles. The smallest absolute Gasteiger partial charge is 0.243 e. The van der Waals surface area contributed by atoms with Crippen LogP contribution in [0.5, 0.6) is 11.5 Å². The number of imidazole rings is 1. The van der Waals surface area contributed by atoms with E-state index in [0.717, 1.165) is 34.1 Å². The maximum Gasteiger partial charge on any atom is 0.243 e. The molecule has 0 unspecified atom stereocenters. The molecule has 7 rings (SSSR count). The van der Waals surface area contributed by atoms with Crippen LogP contribution < -0.4 is 9.30 Å². The molecule has 0 saturated carbocycles. The Hall–Kier alpha value is -5.16. The largest absolute Gasteiger partial charge is 0.458 e. The first-order valence-corrected chi connectivity index (χ1v) is 16.8. The highest BCUT2D eigenvalue weighted by Crippen LogP contribution is 2.40. The van der Waals surface area contributed by atoms with Gasteiger partial charge >= 0.3 is 0 Å². The first-order chi connectivity index (χ1) is 22.9. The summed E-state index contributed by atoms with van der Waals surface area (Å²) in [6, 6.07) is 28.4.